The molecular weight excluding hydrogens is 349 g/mol. The van der Waals surface area contributed by atoms with Gasteiger partial charge in [0.2, 0.25) is 0 Å². The summed E-state index contributed by atoms with van der Waals surface area (Å²) >= 11 is 7.24. The first-order valence-corrected chi connectivity index (χ1v) is 7.58. The van der Waals surface area contributed by atoms with Crippen LogP contribution in [0.5, 0.6) is 0 Å². The lowest BCUT2D eigenvalue weighted by Crippen LogP contribution is -2.12. The van der Waals surface area contributed by atoms with Gasteiger partial charge in [-0.3, -0.25) is 10.1 Å². The van der Waals surface area contributed by atoms with E-state index in [-0.39, 0.29) is 5.56 Å². The molecule has 8 heteroatoms. The van der Waals surface area contributed by atoms with Crippen LogP contribution in [0.1, 0.15) is 15.9 Å². The maximum atomic E-state index is 12.5. The standard InChI is InChI=1S/C15H8ClF3N2OS/c16-10-2-1-3-11-12(10)20-14(23-11)21-13(22)8-4-6-9(7-5-8)15(17,18)19/h1-7H,(H,20,21,22). The lowest BCUT2D eigenvalue weighted by Gasteiger charge is -2.07. The van der Waals surface area contributed by atoms with Gasteiger partial charge >= 0.3 is 6.18 Å². The molecule has 0 fully saturated rings. The number of hydrogen-bond acceptors (Lipinski definition) is 3. The number of carbonyl (C=O) groups is 1. The Bertz CT molecular complexity index is 875. The Labute approximate surface area is 137 Å². The average molecular weight is 357 g/mol. The first-order valence-electron chi connectivity index (χ1n) is 6.38. The molecule has 23 heavy (non-hydrogen) atoms. The third-order valence-electron chi connectivity index (χ3n) is 3.06. The highest BCUT2D eigenvalue weighted by molar-refractivity contribution is 7.22. The molecule has 0 aliphatic rings. The number of benzene rings is 2. The molecule has 1 aromatic heterocycles. The SMILES string of the molecule is O=C(Nc1nc2c(Cl)cccc2s1)c1ccc(C(F)(F)F)cc1. The number of hydrogen-bond donors (Lipinski definition) is 1. The monoisotopic (exact) mass is 356 g/mol. The molecule has 0 unspecified atom stereocenters. The fraction of sp³-hybridized carbons (Fsp3) is 0.0667. The van der Waals surface area contributed by atoms with E-state index in [9.17, 15) is 18.0 Å². The third-order valence-corrected chi connectivity index (χ3v) is 4.31. The van der Waals surface area contributed by atoms with Gasteiger partial charge in [0, 0.05) is 5.56 Å². The fourth-order valence-electron chi connectivity index (χ4n) is 1.95. The minimum atomic E-state index is -4.43. The van der Waals surface area contributed by atoms with Crippen LogP contribution in [-0.4, -0.2) is 10.9 Å². The summed E-state index contributed by atoms with van der Waals surface area (Å²) in [4.78, 5) is 16.3. The zero-order valence-corrected chi connectivity index (χ0v) is 12.9. The molecule has 0 aliphatic heterocycles. The fourth-order valence-corrected chi connectivity index (χ4v) is 3.11. The second-order valence-corrected chi connectivity index (χ2v) is 6.07. The summed E-state index contributed by atoms with van der Waals surface area (Å²) in [7, 11) is 0. The van der Waals surface area contributed by atoms with Gasteiger partial charge in [-0.25, -0.2) is 4.98 Å². The van der Waals surface area contributed by atoms with Crippen molar-refractivity contribution in [2.45, 2.75) is 6.18 Å². The van der Waals surface area contributed by atoms with E-state index in [2.05, 4.69) is 10.3 Å². The first-order chi connectivity index (χ1) is 10.8. The molecular formula is C15H8ClF3N2OS. The maximum absolute atomic E-state index is 12.5. The highest BCUT2D eigenvalue weighted by atomic mass is 35.5. The van der Waals surface area contributed by atoms with Gasteiger partial charge in [0.15, 0.2) is 5.13 Å². The molecule has 0 bridgehead atoms. The maximum Gasteiger partial charge on any atom is 0.416 e. The van der Waals surface area contributed by atoms with Crippen molar-refractivity contribution in [2.24, 2.45) is 0 Å². The molecule has 0 saturated carbocycles. The van der Waals surface area contributed by atoms with Gasteiger partial charge in [0.25, 0.3) is 5.91 Å². The Morgan fingerprint density at radius 2 is 1.83 bits per heavy atom. The Hall–Kier alpha value is -2.12. The Morgan fingerprint density at radius 1 is 1.13 bits per heavy atom. The van der Waals surface area contributed by atoms with E-state index in [1.165, 1.54) is 11.3 Å². The minimum absolute atomic E-state index is 0.114. The summed E-state index contributed by atoms with van der Waals surface area (Å²) in [5.74, 6) is -0.533. The molecule has 118 valence electrons. The number of anilines is 1. The molecule has 3 nitrogen and oxygen atoms in total. The summed E-state index contributed by atoms with van der Waals surface area (Å²) in [5, 5.41) is 3.36. The largest absolute Gasteiger partial charge is 0.416 e. The lowest BCUT2D eigenvalue weighted by atomic mass is 10.1. The van der Waals surface area contributed by atoms with E-state index >= 15 is 0 Å². The van der Waals surface area contributed by atoms with Crippen molar-refractivity contribution in [2.75, 3.05) is 5.32 Å². The van der Waals surface area contributed by atoms with Crippen LogP contribution in [0.3, 0.4) is 0 Å². The van der Waals surface area contributed by atoms with Crippen molar-refractivity contribution < 1.29 is 18.0 Å². The van der Waals surface area contributed by atoms with E-state index in [1.54, 1.807) is 12.1 Å². The second-order valence-electron chi connectivity index (χ2n) is 4.63. The van der Waals surface area contributed by atoms with Crippen molar-refractivity contribution >= 4 is 44.2 Å². The Kier molecular flexibility index (Phi) is 3.99. The number of aromatic nitrogens is 1. The predicted molar refractivity (Wildman–Crippen MR) is 84.0 cm³/mol. The number of halogens is 4. The van der Waals surface area contributed by atoms with Crippen molar-refractivity contribution in [3.63, 3.8) is 0 Å². The number of amides is 1. The molecule has 1 heterocycles. The highest BCUT2D eigenvalue weighted by Crippen LogP contribution is 2.31. The molecule has 0 atom stereocenters. The summed E-state index contributed by atoms with van der Waals surface area (Å²) in [6.45, 7) is 0. The van der Waals surface area contributed by atoms with Gasteiger partial charge in [-0.1, -0.05) is 29.0 Å². The van der Waals surface area contributed by atoms with Crippen LogP contribution in [0.25, 0.3) is 10.2 Å². The van der Waals surface area contributed by atoms with Crippen LogP contribution in [0, 0.1) is 0 Å². The quantitative estimate of drug-likeness (QED) is 0.684. The molecule has 0 aliphatic carbocycles. The average Bonchev–Trinajstić information content (AvgIpc) is 2.90. The lowest BCUT2D eigenvalue weighted by molar-refractivity contribution is -0.137. The van der Waals surface area contributed by atoms with Gasteiger partial charge in [0.05, 0.1) is 15.3 Å². The summed E-state index contributed by atoms with van der Waals surface area (Å²) < 4.78 is 38.3. The van der Waals surface area contributed by atoms with Gasteiger partial charge in [-0.15, -0.1) is 0 Å². The topological polar surface area (TPSA) is 42.0 Å². The normalized spacial score (nSPS) is 11.7. The molecule has 0 spiro atoms. The number of nitrogens with zero attached hydrogens (tertiary/aromatic N) is 1. The van der Waals surface area contributed by atoms with E-state index in [0.29, 0.717) is 15.7 Å². The molecule has 3 aromatic rings. The van der Waals surface area contributed by atoms with Crippen molar-refractivity contribution in [3.05, 3.63) is 58.6 Å². The van der Waals surface area contributed by atoms with Crippen LogP contribution in [0.2, 0.25) is 5.02 Å². The van der Waals surface area contributed by atoms with Crippen molar-refractivity contribution in [3.8, 4) is 0 Å². The third kappa shape index (κ3) is 3.30. The highest BCUT2D eigenvalue weighted by Gasteiger charge is 2.30. The number of fused-ring (bicyclic) bond motifs is 1. The second kappa shape index (κ2) is 5.82. The summed E-state index contributed by atoms with van der Waals surface area (Å²) in [5.41, 5.74) is -0.119. The number of thiazole rings is 1. The molecule has 1 N–H and O–H groups in total. The molecule has 3 rings (SSSR count). The van der Waals surface area contributed by atoms with Gasteiger partial charge < -0.3 is 0 Å². The smallest absolute Gasteiger partial charge is 0.298 e. The van der Waals surface area contributed by atoms with E-state index in [0.717, 1.165) is 29.0 Å². The van der Waals surface area contributed by atoms with Crippen molar-refractivity contribution in [1.82, 2.24) is 4.98 Å². The molecule has 0 radical (unpaired) electrons. The van der Waals surface area contributed by atoms with Gasteiger partial charge in [-0.2, -0.15) is 13.2 Å². The number of carbonyl (C=O) groups excluding carboxylic acids is 1. The van der Waals surface area contributed by atoms with E-state index < -0.39 is 17.6 Å². The number of para-hydroxylation sites is 1. The zero-order valence-electron chi connectivity index (χ0n) is 11.3. The van der Waals surface area contributed by atoms with Crippen LogP contribution in [0.4, 0.5) is 18.3 Å². The number of rotatable bonds is 2. The van der Waals surface area contributed by atoms with Crippen molar-refractivity contribution in [1.29, 1.82) is 0 Å². The Balaban J connectivity index is 1.81. The number of alkyl halides is 3. The van der Waals surface area contributed by atoms with Gasteiger partial charge in [-0.05, 0) is 36.4 Å². The molecule has 0 saturated heterocycles. The minimum Gasteiger partial charge on any atom is -0.298 e. The molecule has 1 amide bonds. The predicted octanol–water partition coefficient (Wildman–Crippen LogP) is 5.22. The van der Waals surface area contributed by atoms with Crippen LogP contribution >= 0.6 is 22.9 Å². The van der Waals surface area contributed by atoms with E-state index in [4.69, 9.17) is 11.6 Å². The van der Waals surface area contributed by atoms with Crippen LogP contribution < -0.4 is 5.32 Å². The summed E-state index contributed by atoms with van der Waals surface area (Å²) in [6.07, 6.45) is -4.43. The Morgan fingerprint density at radius 3 is 2.43 bits per heavy atom. The molecule has 2 aromatic carbocycles. The first kappa shape index (κ1) is 15.8. The number of nitrogens with one attached hydrogen (secondary N) is 1. The summed E-state index contributed by atoms with van der Waals surface area (Å²) in [6, 6.07) is 9.24. The zero-order chi connectivity index (χ0) is 16.6. The van der Waals surface area contributed by atoms with Crippen LogP contribution in [-0.2, 0) is 6.18 Å². The van der Waals surface area contributed by atoms with Crippen LogP contribution in [0.15, 0.2) is 42.5 Å². The van der Waals surface area contributed by atoms with E-state index in [1.807, 2.05) is 6.07 Å². The van der Waals surface area contributed by atoms with Gasteiger partial charge in [0.1, 0.15) is 5.52 Å².